The average Bonchev–Trinajstić information content (AvgIpc) is 2.47. The smallest absolute Gasteiger partial charge is 0.296 e. The summed E-state index contributed by atoms with van der Waals surface area (Å²) in [6, 6.07) is 7.21. The predicted molar refractivity (Wildman–Crippen MR) is 76.6 cm³/mol. The number of methoxy groups -OCH3 is 1. The van der Waals surface area contributed by atoms with E-state index >= 15 is 0 Å². The number of aromatic hydroxyl groups is 1. The first-order chi connectivity index (χ1) is 10.5. The fraction of sp³-hybridized carbons (Fsp3) is 0.143. The highest BCUT2D eigenvalue weighted by Crippen LogP contribution is 2.28. The van der Waals surface area contributed by atoms with Crippen LogP contribution in [0.25, 0.3) is 0 Å². The van der Waals surface area contributed by atoms with Gasteiger partial charge in [0.05, 0.1) is 18.1 Å². The topological polar surface area (TPSA) is 106 Å². The molecule has 0 bridgehead atoms. The zero-order valence-electron chi connectivity index (χ0n) is 11.7. The minimum atomic E-state index is -0.598. The molecule has 1 amide bonds. The van der Waals surface area contributed by atoms with Crippen molar-refractivity contribution in [3.05, 3.63) is 52.8 Å². The third kappa shape index (κ3) is 3.69. The molecule has 2 N–H and O–H groups in total. The van der Waals surface area contributed by atoms with Crippen molar-refractivity contribution in [2.75, 3.05) is 12.4 Å². The Morgan fingerprint density at radius 2 is 2.23 bits per heavy atom. The molecule has 1 aromatic carbocycles. The van der Waals surface area contributed by atoms with Crippen molar-refractivity contribution >= 4 is 17.3 Å². The quantitative estimate of drug-likeness (QED) is 0.491. The molecule has 114 valence electrons. The largest absolute Gasteiger partial charge is 0.503 e. The van der Waals surface area contributed by atoms with Crippen molar-refractivity contribution in [2.45, 2.75) is 6.54 Å². The van der Waals surface area contributed by atoms with Crippen LogP contribution >= 0.6 is 0 Å². The van der Waals surface area contributed by atoms with Gasteiger partial charge in [-0.2, -0.15) is 4.57 Å². The summed E-state index contributed by atoms with van der Waals surface area (Å²) in [5, 5.41) is 22.8. The van der Waals surface area contributed by atoms with Crippen molar-refractivity contribution in [3.63, 3.8) is 0 Å². The normalized spacial score (nSPS) is 10.0. The number of nitro groups is 1. The summed E-state index contributed by atoms with van der Waals surface area (Å²) in [5.74, 6) is -0.110. The standard InChI is InChI=1S/C14H13N3O5/c1-22-11-4-5-12(13(7-11)17(20)21)15-14(19)9-16-6-2-3-10(18)8-16/h2-8H,9H2,1H3,(H-,15,18,19)/p+1. The lowest BCUT2D eigenvalue weighted by Gasteiger charge is -2.06. The van der Waals surface area contributed by atoms with Crippen LogP contribution in [0.2, 0.25) is 0 Å². The number of amides is 1. The monoisotopic (exact) mass is 304 g/mol. The van der Waals surface area contributed by atoms with Gasteiger partial charge in [-0.25, -0.2) is 0 Å². The number of ether oxygens (including phenoxy) is 1. The van der Waals surface area contributed by atoms with Gasteiger partial charge < -0.3 is 15.2 Å². The molecule has 0 saturated carbocycles. The Hall–Kier alpha value is -3.16. The molecule has 8 heteroatoms. The second-order valence-electron chi connectivity index (χ2n) is 4.42. The van der Waals surface area contributed by atoms with Crippen molar-refractivity contribution < 1.29 is 24.1 Å². The zero-order chi connectivity index (χ0) is 16.1. The third-order valence-electron chi connectivity index (χ3n) is 2.84. The van der Waals surface area contributed by atoms with Gasteiger partial charge in [-0.3, -0.25) is 14.9 Å². The van der Waals surface area contributed by atoms with Crippen LogP contribution in [-0.4, -0.2) is 23.0 Å². The van der Waals surface area contributed by atoms with Gasteiger partial charge >= 0.3 is 0 Å². The van der Waals surface area contributed by atoms with Gasteiger partial charge in [0.2, 0.25) is 12.7 Å². The molecule has 8 nitrogen and oxygen atoms in total. The average molecular weight is 304 g/mol. The summed E-state index contributed by atoms with van der Waals surface area (Å²) in [6.45, 7) is -0.0857. The summed E-state index contributed by atoms with van der Waals surface area (Å²) < 4.78 is 6.38. The first-order valence-corrected chi connectivity index (χ1v) is 6.30. The van der Waals surface area contributed by atoms with E-state index in [1.165, 1.54) is 42.1 Å². The van der Waals surface area contributed by atoms with E-state index in [9.17, 15) is 20.0 Å². The molecule has 1 heterocycles. The number of pyridine rings is 1. The number of hydrogen-bond donors (Lipinski definition) is 2. The Bertz CT molecular complexity index is 717. The Morgan fingerprint density at radius 3 is 2.86 bits per heavy atom. The predicted octanol–water partition coefficient (Wildman–Crippen LogP) is 1.24. The highest BCUT2D eigenvalue weighted by Gasteiger charge is 2.19. The fourth-order valence-electron chi connectivity index (χ4n) is 1.86. The molecule has 0 fully saturated rings. The number of anilines is 1. The van der Waals surface area contributed by atoms with Crippen LogP contribution < -0.4 is 14.6 Å². The number of nitro benzene ring substituents is 1. The van der Waals surface area contributed by atoms with E-state index in [0.717, 1.165) is 0 Å². The summed E-state index contributed by atoms with van der Waals surface area (Å²) >= 11 is 0. The second-order valence-corrected chi connectivity index (χ2v) is 4.42. The van der Waals surface area contributed by atoms with E-state index in [-0.39, 0.29) is 23.7 Å². The molecule has 0 aliphatic heterocycles. The van der Waals surface area contributed by atoms with Crippen LogP contribution in [0.4, 0.5) is 11.4 Å². The Morgan fingerprint density at radius 1 is 1.45 bits per heavy atom. The number of carbonyl (C=O) groups excluding carboxylic acids is 1. The lowest BCUT2D eigenvalue weighted by atomic mass is 10.2. The van der Waals surface area contributed by atoms with Gasteiger partial charge in [-0.05, 0) is 18.2 Å². The van der Waals surface area contributed by atoms with E-state index in [1.54, 1.807) is 12.3 Å². The van der Waals surface area contributed by atoms with E-state index in [0.29, 0.717) is 5.75 Å². The van der Waals surface area contributed by atoms with Crippen molar-refractivity contribution in [2.24, 2.45) is 0 Å². The van der Waals surface area contributed by atoms with Crippen LogP contribution in [0, 0.1) is 10.1 Å². The minimum absolute atomic E-state index is 0.0192. The lowest BCUT2D eigenvalue weighted by Crippen LogP contribution is -2.39. The van der Waals surface area contributed by atoms with Crippen LogP contribution in [0.3, 0.4) is 0 Å². The van der Waals surface area contributed by atoms with E-state index < -0.39 is 10.8 Å². The fourth-order valence-corrected chi connectivity index (χ4v) is 1.86. The molecule has 0 aliphatic rings. The van der Waals surface area contributed by atoms with Crippen LogP contribution in [-0.2, 0) is 11.3 Å². The lowest BCUT2D eigenvalue weighted by molar-refractivity contribution is -0.684. The summed E-state index contributed by atoms with van der Waals surface area (Å²) in [4.78, 5) is 22.4. The molecule has 0 radical (unpaired) electrons. The number of benzene rings is 1. The number of hydrogen-bond acceptors (Lipinski definition) is 5. The minimum Gasteiger partial charge on any atom is -0.503 e. The molecule has 0 aliphatic carbocycles. The number of nitrogens with zero attached hydrogens (tertiary/aromatic N) is 2. The van der Waals surface area contributed by atoms with Crippen molar-refractivity contribution in [3.8, 4) is 11.5 Å². The maximum atomic E-state index is 12.0. The number of rotatable bonds is 5. The van der Waals surface area contributed by atoms with Crippen LogP contribution in [0.1, 0.15) is 0 Å². The number of carbonyl (C=O) groups is 1. The molecular formula is C14H14N3O5+. The number of nitrogens with one attached hydrogen (secondary N) is 1. The summed E-state index contributed by atoms with van der Waals surface area (Å²) in [7, 11) is 1.40. The maximum Gasteiger partial charge on any atom is 0.296 e. The van der Waals surface area contributed by atoms with Crippen LogP contribution in [0.15, 0.2) is 42.7 Å². The molecule has 2 rings (SSSR count). The molecule has 0 atom stereocenters. The zero-order valence-corrected chi connectivity index (χ0v) is 11.7. The molecule has 1 aromatic heterocycles. The Balaban J connectivity index is 2.16. The molecule has 22 heavy (non-hydrogen) atoms. The van der Waals surface area contributed by atoms with Crippen molar-refractivity contribution in [1.82, 2.24) is 0 Å². The van der Waals surface area contributed by atoms with E-state index in [4.69, 9.17) is 4.74 Å². The van der Waals surface area contributed by atoms with Gasteiger partial charge in [0.25, 0.3) is 11.6 Å². The second kappa shape index (κ2) is 6.53. The van der Waals surface area contributed by atoms with Gasteiger partial charge in [-0.1, -0.05) is 0 Å². The number of aromatic nitrogens is 1. The van der Waals surface area contributed by atoms with Gasteiger partial charge in [-0.15, -0.1) is 0 Å². The summed E-state index contributed by atoms with van der Waals surface area (Å²) in [5.41, 5.74) is -0.176. The summed E-state index contributed by atoms with van der Waals surface area (Å²) in [6.07, 6.45) is 2.98. The molecule has 0 saturated heterocycles. The van der Waals surface area contributed by atoms with E-state index in [1.807, 2.05) is 0 Å². The highest BCUT2D eigenvalue weighted by atomic mass is 16.6. The first-order valence-electron chi connectivity index (χ1n) is 6.30. The molecule has 0 unspecified atom stereocenters. The molecule has 2 aromatic rings. The molecular weight excluding hydrogens is 290 g/mol. The van der Waals surface area contributed by atoms with Gasteiger partial charge in [0, 0.05) is 6.07 Å². The van der Waals surface area contributed by atoms with E-state index in [2.05, 4.69) is 5.32 Å². The SMILES string of the molecule is COc1ccc(NC(=O)C[n+]2cccc(O)c2)c([N+](=O)[O-])c1. The van der Waals surface area contributed by atoms with Gasteiger partial charge in [0.15, 0.2) is 11.9 Å². The van der Waals surface area contributed by atoms with Crippen LogP contribution in [0.5, 0.6) is 11.5 Å². The third-order valence-corrected chi connectivity index (χ3v) is 2.84. The Kier molecular flexibility index (Phi) is 4.52. The highest BCUT2D eigenvalue weighted by molar-refractivity contribution is 5.92. The Labute approximate surface area is 125 Å². The van der Waals surface area contributed by atoms with Gasteiger partial charge in [0.1, 0.15) is 11.4 Å². The maximum absolute atomic E-state index is 12.0. The molecule has 0 spiro atoms. The first kappa shape index (κ1) is 15.2. The van der Waals surface area contributed by atoms with Crippen molar-refractivity contribution in [1.29, 1.82) is 0 Å².